The van der Waals surface area contributed by atoms with Gasteiger partial charge < -0.3 is 26.3 Å². The zero-order chi connectivity index (χ0) is 16.2. The number of nitrogens with one attached hydrogen (secondary N) is 2. The maximum Gasteiger partial charge on any atom is 0.137 e. The molecule has 0 unspecified atom stereocenters. The highest BCUT2D eigenvalue weighted by atomic mass is 15.3. The van der Waals surface area contributed by atoms with Gasteiger partial charge in [-0.3, -0.25) is 0 Å². The molecule has 4 N–H and O–H groups in total. The molecule has 0 aromatic carbocycles. The highest BCUT2D eigenvalue weighted by Crippen LogP contribution is 2.20. The summed E-state index contributed by atoms with van der Waals surface area (Å²) in [5.74, 6) is 2.17. The summed E-state index contributed by atoms with van der Waals surface area (Å²) in [6.07, 6.45) is 4.29. The number of hydrogen-bond donors (Lipinski definition) is 3. The van der Waals surface area contributed by atoms with Crippen LogP contribution in [0.15, 0.2) is 24.7 Å². The summed E-state index contributed by atoms with van der Waals surface area (Å²) < 4.78 is 0. The van der Waals surface area contributed by atoms with E-state index < -0.39 is 0 Å². The van der Waals surface area contributed by atoms with Crippen LogP contribution < -0.4 is 16.0 Å². The zero-order valence-electron chi connectivity index (χ0n) is 13.0. The number of nitrogen functional groups attached to an aromatic ring is 1. The molecule has 2 aromatic rings. The predicted octanol–water partition coefficient (Wildman–Crippen LogP) is 0.947. The molecule has 1 aliphatic heterocycles. The van der Waals surface area contributed by atoms with E-state index in [2.05, 4.69) is 37.1 Å². The molecule has 8 nitrogen and oxygen atoms in total. The van der Waals surface area contributed by atoms with Crippen LogP contribution in [0.3, 0.4) is 0 Å². The van der Waals surface area contributed by atoms with Crippen molar-refractivity contribution in [2.24, 2.45) is 0 Å². The van der Waals surface area contributed by atoms with E-state index in [1.807, 2.05) is 6.07 Å². The Morgan fingerprint density at radius 2 is 1.87 bits per heavy atom. The molecule has 0 spiro atoms. The Morgan fingerprint density at radius 3 is 2.57 bits per heavy atom. The number of aromatic nitrogens is 3. The van der Waals surface area contributed by atoms with Crippen LogP contribution in [-0.4, -0.2) is 59.3 Å². The number of piperazine rings is 1. The Hall–Kier alpha value is -2.74. The Bertz CT molecular complexity index is 694. The molecule has 0 atom stereocenters. The molecule has 0 radical (unpaired) electrons. The van der Waals surface area contributed by atoms with Crippen LogP contribution in [0.1, 0.15) is 5.56 Å². The summed E-state index contributed by atoms with van der Waals surface area (Å²) in [5.41, 5.74) is 6.97. The minimum Gasteiger partial charge on any atom is -0.398 e. The minimum absolute atomic E-state index is 0.505. The summed E-state index contributed by atoms with van der Waals surface area (Å²) >= 11 is 0. The highest BCUT2D eigenvalue weighted by molar-refractivity contribution is 5.85. The molecule has 23 heavy (non-hydrogen) atoms. The minimum atomic E-state index is 0.505. The zero-order valence-corrected chi connectivity index (χ0v) is 13.0. The first-order valence-electron chi connectivity index (χ1n) is 7.44. The second-order valence-corrected chi connectivity index (χ2v) is 5.52. The van der Waals surface area contributed by atoms with Crippen LogP contribution in [0.2, 0.25) is 0 Å². The maximum atomic E-state index is 7.24. The summed E-state index contributed by atoms with van der Waals surface area (Å²) in [7, 11) is 2.12. The molecule has 1 fully saturated rings. The lowest BCUT2D eigenvalue weighted by molar-refractivity contribution is 0.312. The monoisotopic (exact) mass is 312 g/mol. The van der Waals surface area contributed by atoms with Crippen molar-refractivity contribution < 1.29 is 0 Å². The van der Waals surface area contributed by atoms with Crippen molar-refractivity contribution >= 4 is 29.4 Å². The van der Waals surface area contributed by atoms with Gasteiger partial charge in [0.15, 0.2) is 0 Å². The lowest BCUT2D eigenvalue weighted by Gasteiger charge is -2.33. The van der Waals surface area contributed by atoms with E-state index in [0.717, 1.165) is 32.0 Å². The van der Waals surface area contributed by atoms with Crippen molar-refractivity contribution in [1.29, 1.82) is 5.41 Å². The quantitative estimate of drug-likeness (QED) is 0.721. The summed E-state index contributed by atoms with van der Waals surface area (Å²) in [6, 6.07) is 3.60. The van der Waals surface area contributed by atoms with E-state index in [1.165, 1.54) is 6.21 Å². The molecule has 3 heterocycles. The van der Waals surface area contributed by atoms with E-state index in [1.54, 1.807) is 18.6 Å². The van der Waals surface area contributed by atoms with Crippen LogP contribution in [-0.2, 0) is 0 Å². The molecule has 120 valence electrons. The SMILES string of the molecule is CN1CCN(c2cc(Nc3cc(N)c(C=N)cn3)ncn2)CC1. The Kier molecular flexibility index (Phi) is 4.33. The summed E-state index contributed by atoms with van der Waals surface area (Å²) in [4.78, 5) is 17.4. The molecular weight excluding hydrogens is 292 g/mol. The standard InChI is InChI=1S/C15H20N8/c1-22-2-4-23(5-3-22)15-7-14(19-10-20-15)21-13-6-12(17)11(8-16)9-18-13/h6-10,16H,2-5H2,1H3,(H3,17,18,19,20,21). The van der Waals surface area contributed by atoms with Gasteiger partial charge >= 0.3 is 0 Å². The first-order chi connectivity index (χ1) is 11.2. The van der Waals surface area contributed by atoms with Crippen molar-refractivity contribution in [3.8, 4) is 0 Å². The molecule has 0 bridgehead atoms. The molecule has 3 rings (SSSR count). The summed E-state index contributed by atoms with van der Waals surface area (Å²) in [5, 5.41) is 10.4. The Labute approximate surface area is 134 Å². The van der Waals surface area contributed by atoms with Crippen LogP contribution in [0, 0.1) is 5.41 Å². The third-order valence-corrected chi connectivity index (χ3v) is 3.86. The first kappa shape index (κ1) is 15.2. The lowest BCUT2D eigenvalue weighted by Crippen LogP contribution is -2.44. The average molecular weight is 312 g/mol. The Balaban J connectivity index is 1.75. The van der Waals surface area contributed by atoms with E-state index in [-0.39, 0.29) is 0 Å². The van der Waals surface area contributed by atoms with Gasteiger partial charge in [-0.2, -0.15) is 0 Å². The molecule has 1 aliphatic rings. The second kappa shape index (κ2) is 6.57. The van der Waals surface area contributed by atoms with Gasteiger partial charge in [-0.1, -0.05) is 0 Å². The van der Waals surface area contributed by atoms with Gasteiger partial charge in [0.2, 0.25) is 0 Å². The van der Waals surface area contributed by atoms with E-state index in [4.69, 9.17) is 11.1 Å². The number of nitrogens with zero attached hydrogens (tertiary/aromatic N) is 5. The van der Waals surface area contributed by atoms with E-state index >= 15 is 0 Å². The molecule has 2 aromatic heterocycles. The van der Waals surface area contributed by atoms with Crippen LogP contribution in [0.5, 0.6) is 0 Å². The number of anilines is 4. The van der Waals surface area contributed by atoms with Gasteiger partial charge in [-0.25, -0.2) is 15.0 Å². The van der Waals surface area contributed by atoms with Crippen molar-refractivity contribution in [2.45, 2.75) is 0 Å². The number of pyridine rings is 1. The molecule has 0 amide bonds. The smallest absolute Gasteiger partial charge is 0.137 e. The van der Waals surface area contributed by atoms with Gasteiger partial charge in [0.25, 0.3) is 0 Å². The van der Waals surface area contributed by atoms with Crippen LogP contribution in [0.4, 0.5) is 23.1 Å². The number of likely N-dealkylation sites (N-methyl/N-ethyl adjacent to an activating group) is 1. The number of rotatable bonds is 4. The lowest BCUT2D eigenvalue weighted by atomic mass is 10.2. The predicted molar refractivity (Wildman–Crippen MR) is 91.6 cm³/mol. The maximum absolute atomic E-state index is 7.24. The van der Waals surface area contributed by atoms with Gasteiger partial charge in [-0.05, 0) is 7.05 Å². The number of nitrogens with two attached hydrogens (primary N) is 1. The third-order valence-electron chi connectivity index (χ3n) is 3.86. The van der Waals surface area contributed by atoms with Gasteiger partial charge in [0.05, 0.1) is 0 Å². The highest BCUT2D eigenvalue weighted by Gasteiger charge is 2.15. The molecule has 0 aliphatic carbocycles. The fraction of sp³-hybridized carbons (Fsp3) is 0.333. The largest absolute Gasteiger partial charge is 0.398 e. The van der Waals surface area contributed by atoms with Crippen molar-refractivity contribution in [1.82, 2.24) is 19.9 Å². The average Bonchev–Trinajstić information content (AvgIpc) is 2.56. The molecule has 0 saturated carbocycles. The molecule has 1 saturated heterocycles. The fourth-order valence-electron chi connectivity index (χ4n) is 2.43. The third kappa shape index (κ3) is 3.54. The van der Waals surface area contributed by atoms with Crippen LogP contribution in [0.25, 0.3) is 0 Å². The molecular formula is C15H20N8. The second-order valence-electron chi connectivity index (χ2n) is 5.52. The van der Waals surface area contributed by atoms with Crippen molar-refractivity contribution in [2.75, 3.05) is 49.2 Å². The van der Waals surface area contributed by atoms with Gasteiger partial charge in [0, 0.05) is 62.0 Å². The van der Waals surface area contributed by atoms with Crippen molar-refractivity contribution in [3.63, 3.8) is 0 Å². The normalized spacial score (nSPS) is 15.4. The first-order valence-corrected chi connectivity index (χ1v) is 7.44. The topological polar surface area (TPSA) is 107 Å². The number of hydrogen-bond acceptors (Lipinski definition) is 8. The molecule has 8 heteroatoms. The van der Waals surface area contributed by atoms with Crippen molar-refractivity contribution in [3.05, 3.63) is 30.2 Å². The fourth-order valence-corrected chi connectivity index (χ4v) is 2.43. The summed E-state index contributed by atoms with van der Waals surface area (Å²) in [6.45, 7) is 3.95. The van der Waals surface area contributed by atoms with Gasteiger partial charge in [0.1, 0.15) is 23.8 Å². The Morgan fingerprint density at radius 1 is 1.13 bits per heavy atom. The van der Waals surface area contributed by atoms with E-state index in [9.17, 15) is 0 Å². The van der Waals surface area contributed by atoms with Crippen LogP contribution >= 0.6 is 0 Å². The van der Waals surface area contributed by atoms with E-state index in [0.29, 0.717) is 22.9 Å². The van der Waals surface area contributed by atoms with Gasteiger partial charge in [-0.15, -0.1) is 0 Å².